The molecule has 1 aliphatic heterocycles. The SMILES string of the molecule is CCc1ncccc1Cn1cnc2c1CCN(c1cnn(PI)c(=O)c1Cl)C2. The lowest BCUT2D eigenvalue weighted by Crippen LogP contribution is -2.33. The van der Waals surface area contributed by atoms with Crippen LogP contribution >= 0.6 is 40.0 Å². The Morgan fingerprint density at radius 1 is 1.36 bits per heavy atom. The molecule has 0 radical (unpaired) electrons. The van der Waals surface area contributed by atoms with Crippen LogP contribution in [0.4, 0.5) is 5.69 Å². The second kappa shape index (κ2) is 8.47. The van der Waals surface area contributed by atoms with Crippen LogP contribution in [0.5, 0.6) is 0 Å². The number of anilines is 1. The number of pyridine rings is 1. The third-order valence-electron chi connectivity index (χ3n) is 4.97. The number of rotatable bonds is 5. The van der Waals surface area contributed by atoms with E-state index < -0.39 is 0 Å². The molecule has 0 aromatic carbocycles. The Bertz CT molecular complexity index is 1070. The zero-order valence-corrected chi connectivity index (χ0v) is 19.2. The predicted octanol–water partition coefficient (Wildman–Crippen LogP) is 3.45. The number of halogens is 2. The van der Waals surface area contributed by atoms with Crippen molar-refractivity contribution in [2.24, 2.45) is 0 Å². The number of fused-ring (bicyclic) bond motifs is 1. The molecule has 0 saturated carbocycles. The van der Waals surface area contributed by atoms with Crippen LogP contribution in [0.15, 0.2) is 35.6 Å². The summed E-state index contributed by atoms with van der Waals surface area (Å²) in [6, 6.07) is 4.11. The number of aryl methyl sites for hydroxylation is 1. The monoisotopic (exact) mass is 528 g/mol. The minimum Gasteiger partial charge on any atom is -0.362 e. The van der Waals surface area contributed by atoms with Gasteiger partial charge < -0.3 is 9.47 Å². The summed E-state index contributed by atoms with van der Waals surface area (Å²) < 4.78 is 3.59. The highest BCUT2D eigenvalue weighted by Crippen LogP contribution is 2.29. The van der Waals surface area contributed by atoms with E-state index in [0.29, 0.717) is 12.2 Å². The van der Waals surface area contributed by atoms with Gasteiger partial charge in [-0.05, 0) is 40.1 Å². The van der Waals surface area contributed by atoms with E-state index in [0.717, 1.165) is 37.3 Å². The number of imidazole rings is 1. The van der Waals surface area contributed by atoms with E-state index >= 15 is 0 Å². The summed E-state index contributed by atoms with van der Waals surface area (Å²) in [4.78, 5) is 23.5. The van der Waals surface area contributed by atoms with Crippen molar-refractivity contribution in [2.75, 3.05) is 11.4 Å². The fraction of sp³-hybridized carbons (Fsp3) is 0.333. The molecule has 10 heteroatoms. The lowest BCUT2D eigenvalue weighted by atomic mass is 10.1. The van der Waals surface area contributed by atoms with E-state index in [1.807, 2.05) is 18.6 Å². The fourth-order valence-electron chi connectivity index (χ4n) is 3.53. The van der Waals surface area contributed by atoms with E-state index in [1.54, 1.807) is 6.20 Å². The number of hydrogen-bond acceptors (Lipinski definition) is 5. The maximum Gasteiger partial charge on any atom is 0.291 e. The van der Waals surface area contributed by atoms with E-state index in [1.165, 1.54) is 15.7 Å². The molecule has 1 atom stereocenters. The minimum atomic E-state index is -0.244. The molecule has 3 aromatic heterocycles. The zero-order valence-electron chi connectivity index (χ0n) is 15.3. The average Bonchev–Trinajstić information content (AvgIpc) is 3.12. The Hall–Kier alpha value is -1.51. The van der Waals surface area contributed by atoms with Crippen LogP contribution in [-0.2, 0) is 25.9 Å². The summed E-state index contributed by atoms with van der Waals surface area (Å²) in [6.45, 7) is 4.28. The van der Waals surface area contributed by atoms with Gasteiger partial charge in [0.15, 0.2) is 0 Å². The van der Waals surface area contributed by atoms with Gasteiger partial charge in [-0.2, -0.15) is 5.10 Å². The van der Waals surface area contributed by atoms with Gasteiger partial charge in [0, 0.05) is 30.6 Å². The molecule has 1 unspecified atom stereocenters. The van der Waals surface area contributed by atoms with Crippen molar-refractivity contribution in [3.63, 3.8) is 0 Å². The quantitative estimate of drug-likeness (QED) is 0.375. The zero-order chi connectivity index (χ0) is 19.7. The van der Waals surface area contributed by atoms with E-state index in [-0.39, 0.29) is 17.0 Å². The first-order valence-corrected chi connectivity index (χ1v) is 13.4. The molecule has 4 rings (SSSR count). The first-order chi connectivity index (χ1) is 13.6. The Morgan fingerprint density at radius 3 is 3.00 bits per heavy atom. The first kappa shape index (κ1) is 19.8. The third kappa shape index (κ3) is 3.69. The molecule has 0 spiro atoms. The normalized spacial score (nSPS) is 14.0. The van der Waals surface area contributed by atoms with Crippen molar-refractivity contribution in [1.29, 1.82) is 0 Å². The fourth-order valence-corrected chi connectivity index (χ4v) is 5.17. The molecule has 0 N–H and O–H groups in total. The molecular weight excluding hydrogens is 510 g/mol. The molecule has 3 aromatic rings. The van der Waals surface area contributed by atoms with Crippen molar-refractivity contribution in [3.05, 3.63) is 68.9 Å². The van der Waals surface area contributed by atoms with Gasteiger partial charge in [0.05, 0.1) is 43.4 Å². The largest absolute Gasteiger partial charge is 0.362 e. The van der Waals surface area contributed by atoms with Crippen molar-refractivity contribution < 1.29 is 0 Å². The highest BCUT2D eigenvalue weighted by atomic mass is 127. The van der Waals surface area contributed by atoms with Crippen molar-refractivity contribution >= 4 is 45.7 Å². The molecule has 4 heterocycles. The van der Waals surface area contributed by atoms with Gasteiger partial charge in [-0.1, -0.05) is 24.6 Å². The Balaban J connectivity index is 1.58. The number of hydrogen-bond donors (Lipinski definition) is 0. The Kier molecular flexibility index (Phi) is 5.99. The lowest BCUT2D eigenvalue weighted by Gasteiger charge is -2.29. The van der Waals surface area contributed by atoms with Crippen molar-refractivity contribution in [1.82, 2.24) is 24.1 Å². The molecule has 0 bridgehead atoms. The highest BCUT2D eigenvalue weighted by molar-refractivity contribution is 14.2. The summed E-state index contributed by atoms with van der Waals surface area (Å²) in [5.74, 6) is 0. The van der Waals surface area contributed by atoms with E-state index in [4.69, 9.17) is 11.6 Å². The molecule has 0 fully saturated rings. The topological polar surface area (TPSA) is 68.8 Å². The van der Waals surface area contributed by atoms with Crippen molar-refractivity contribution in [3.8, 4) is 0 Å². The predicted molar refractivity (Wildman–Crippen MR) is 121 cm³/mol. The summed E-state index contributed by atoms with van der Waals surface area (Å²) in [6.07, 6.45) is 7.40. The van der Waals surface area contributed by atoms with Crippen LogP contribution < -0.4 is 10.5 Å². The first-order valence-electron chi connectivity index (χ1n) is 8.97. The molecule has 0 saturated heterocycles. The van der Waals surface area contributed by atoms with Crippen LogP contribution in [0, 0.1) is 0 Å². The van der Waals surface area contributed by atoms with Crippen LogP contribution in [0.2, 0.25) is 5.02 Å². The Labute approximate surface area is 182 Å². The molecule has 7 nitrogen and oxygen atoms in total. The average molecular weight is 529 g/mol. The summed E-state index contributed by atoms with van der Waals surface area (Å²) in [5.41, 5.74) is 5.03. The van der Waals surface area contributed by atoms with Gasteiger partial charge >= 0.3 is 0 Å². The maximum atomic E-state index is 12.3. The number of aromatic nitrogens is 5. The van der Waals surface area contributed by atoms with Gasteiger partial charge in [-0.3, -0.25) is 9.78 Å². The van der Waals surface area contributed by atoms with Gasteiger partial charge in [-0.15, -0.1) is 0 Å². The third-order valence-corrected chi connectivity index (χ3v) is 7.18. The van der Waals surface area contributed by atoms with Crippen LogP contribution in [0.3, 0.4) is 0 Å². The van der Waals surface area contributed by atoms with Crippen molar-refractivity contribution in [2.45, 2.75) is 32.9 Å². The number of nitrogens with zero attached hydrogens (tertiary/aromatic N) is 6. The molecule has 1 aliphatic rings. The summed E-state index contributed by atoms with van der Waals surface area (Å²) >= 11 is 8.45. The van der Waals surface area contributed by atoms with Gasteiger partial charge in [-0.25, -0.2) is 9.44 Å². The minimum absolute atomic E-state index is 0.227. The smallest absolute Gasteiger partial charge is 0.291 e. The summed E-state index contributed by atoms with van der Waals surface area (Å²) in [7, 11) is 0. The molecular formula is C18H19ClIN6OP. The maximum absolute atomic E-state index is 12.3. The van der Waals surface area contributed by atoms with E-state index in [2.05, 4.69) is 59.6 Å². The van der Waals surface area contributed by atoms with Gasteiger partial charge in [0.1, 0.15) is 5.02 Å². The standard InChI is InChI=1S/C18H19ClIN6OP/c1-2-13-12(4-3-6-21-13)9-25-11-22-14-10-24(7-5-15(14)25)16-8-23-26(28-20)18(27)17(16)19/h3-4,6,8,11,28H,2,5,7,9-10H2,1H3. The lowest BCUT2D eigenvalue weighted by molar-refractivity contribution is 0.657. The van der Waals surface area contributed by atoms with Gasteiger partial charge in [0.25, 0.3) is 5.56 Å². The van der Waals surface area contributed by atoms with Gasteiger partial charge in [0.2, 0.25) is 0 Å². The highest BCUT2D eigenvalue weighted by Gasteiger charge is 2.24. The molecule has 28 heavy (non-hydrogen) atoms. The summed E-state index contributed by atoms with van der Waals surface area (Å²) in [5, 5.41) is 4.45. The molecule has 0 amide bonds. The Morgan fingerprint density at radius 2 is 2.21 bits per heavy atom. The van der Waals surface area contributed by atoms with Crippen LogP contribution in [0.25, 0.3) is 0 Å². The molecule has 0 aliphatic carbocycles. The second-order valence-corrected chi connectivity index (χ2v) is 8.96. The van der Waals surface area contributed by atoms with E-state index in [9.17, 15) is 4.79 Å². The van der Waals surface area contributed by atoms with Crippen LogP contribution in [-0.4, -0.2) is 30.6 Å². The second-order valence-electron chi connectivity index (χ2n) is 6.55. The molecule has 146 valence electrons. The van der Waals surface area contributed by atoms with Crippen LogP contribution in [0.1, 0.15) is 29.6 Å².